The molecule has 0 aromatic heterocycles. The summed E-state index contributed by atoms with van der Waals surface area (Å²) < 4.78 is 13.9. The molecule has 4 heteroatoms. The van der Waals surface area contributed by atoms with E-state index in [1.54, 1.807) is 18.2 Å². The van der Waals surface area contributed by atoms with Crippen LogP contribution in [-0.4, -0.2) is 29.2 Å². The highest BCUT2D eigenvalue weighted by molar-refractivity contribution is 6.30. The average molecular weight is 274 g/mol. The molecule has 0 spiro atoms. The lowest BCUT2D eigenvalue weighted by molar-refractivity contribution is 0.135. The first-order valence-electron chi connectivity index (χ1n) is 6.41. The molecule has 0 fully saturated rings. The van der Waals surface area contributed by atoms with E-state index in [0.29, 0.717) is 24.7 Å². The van der Waals surface area contributed by atoms with Gasteiger partial charge in [-0.05, 0) is 18.9 Å². The number of halogens is 2. The number of aliphatic hydroxyl groups excluding tert-OH is 1. The molecule has 0 heterocycles. The fourth-order valence-corrected chi connectivity index (χ4v) is 2.41. The zero-order valence-corrected chi connectivity index (χ0v) is 11.8. The van der Waals surface area contributed by atoms with Gasteiger partial charge in [-0.15, -0.1) is 0 Å². The van der Waals surface area contributed by atoms with Crippen molar-refractivity contribution >= 4 is 11.6 Å². The summed E-state index contributed by atoms with van der Waals surface area (Å²) in [4.78, 5) is 2.11. The Bertz CT molecular complexity index is 369. The molecule has 1 rings (SSSR count). The molecule has 2 nitrogen and oxygen atoms in total. The van der Waals surface area contributed by atoms with Crippen molar-refractivity contribution in [2.24, 2.45) is 0 Å². The highest BCUT2D eigenvalue weighted by atomic mass is 35.5. The molecule has 0 bridgehead atoms. The van der Waals surface area contributed by atoms with Crippen LogP contribution >= 0.6 is 11.6 Å². The molecule has 0 aliphatic carbocycles. The summed E-state index contributed by atoms with van der Waals surface area (Å²) in [7, 11) is 0. The molecule has 0 aliphatic rings. The molecule has 1 aromatic carbocycles. The summed E-state index contributed by atoms with van der Waals surface area (Å²) in [6.07, 6.45) is 1.97. The number of nitrogens with zero attached hydrogens (tertiary/aromatic N) is 1. The Morgan fingerprint density at radius 2 is 2.00 bits per heavy atom. The van der Waals surface area contributed by atoms with Crippen LogP contribution in [0.25, 0.3) is 0 Å². The van der Waals surface area contributed by atoms with Crippen molar-refractivity contribution in [3.63, 3.8) is 0 Å². The van der Waals surface area contributed by atoms with E-state index in [1.165, 1.54) is 0 Å². The second-order valence-corrected chi connectivity index (χ2v) is 4.78. The predicted octanol–water partition coefficient (Wildman–Crippen LogP) is 3.46. The second kappa shape index (κ2) is 7.72. The first-order valence-corrected chi connectivity index (χ1v) is 6.79. The highest BCUT2D eigenvalue weighted by Crippen LogP contribution is 2.21. The summed E-state index contributed by atoms with van der Waals surface area (Å²) in [6.45, 7) is 5.33. The van der Waals surface area contributed by atoms with E-state index in [-0.39, 0.29) is 17.4 Å². The first kappa shape index (κ1) is 15.4. The summed E-state index contributed by atoms with van der Waals surface area (Å²) in [5.41, 5.74) is 0.586. The number of rotatable bonds is 7. The number of hydrogen-bond donors (Lipinski definition) is 1. The van der Waals surface area contributed by atoms with Crippen LogP contribution in [0.4, 0.5) is 4.39 Å². The summed E-state index contributed by atoms with van der Waals surface area (Å²) >= 11 is 5.78. The maximum atomic E-state index is 13.9. The van der Waals surface area contributed by atoms with Gasteiger partial charge in [0.1, 0.15) is 5.82 Å². The SMILES string of the molecule is CCC(CC)N(CCO)Cc1cccc(Cl)c1F. The van der Waals surface area contributed by atoms with E-state index < -0.39 is 0 Å². The lowest BCUT2D eigenvalue weighted by atomic mass is 10.1. The lowest BCUT2D eigenvalue weighted by Gasteiger charge is -2.30. The van der Waals surface area contributed by atoms with Crippen molar-refractivity contribution < 1.29 is 9.50 Å². The van der Waals surface area contributed by atoms with Gasteiger partial charge in [0.2, 0.25) is 0 Å². The molecule has 0 radical (unpaired) electrons. The van der Waals surface area contributed by atoms with Crippen LogP contribution in [0.3, 0.4) is 0 Å². The maximum absolute atomic E-state index is 13.9. The van der Waals surface area contributed by atoms with Gasteiger partial charge < -0.3 is 5.11 Å². The lowest BCUT2D eigenvalue weighted by Crippen LogP contribution is -2.36. The Morgan fingerprint density at radius 1 is 1.33 bits per heavy atom. The topological polar surface area (TPSA) is 23.5 Å². The zero-order chi connectivity index (χ0) is 13.5. The molecular weight excluding hydrogens is 253 g/mol. The molecule has 0 unspecified atom stereocenters. The van der Waals surface area contributed by atoms with Gasteiger partial charge in [-0.25, -0.2) is 4.39 Å². The van der Waals surface area contributed by atoms with Crippen LogP contribution in [0.15, 0.2) is 18.2 Å². The van der Waals surface area contributed by atoms with E-state index in [0.717, 1.165) is 12.8 Å². The van der Waals surface area contributed by atoms with Gasteiger partial charge in [0, 0.05) is 24.7 Å². The predicted molar refractivity (Wildman–Crippen MR) is 73.3 cm³/mol. The Kier molecular flexibility index (Phi) is 6.61. The van der Waals surface area contributed by atoms with Crippen molar-refractivity contribution in [1.29, 1.82) is 0 Å². The minimum atomic E-state index is -0.354. The summed E-state index contributed by atoms with van der Waals surface area (Å²) in [5, 5.41) is 9.27. The van der Waals surface area contributed by atoms with Crippen molar-refractivity contribution in [3.8, 4) is 0 Å². The molecule has 1 aromatic rings. The smallest absolute Gasteiger partial charge is 0.146 e. The standard InChI is InChI=1S/C14H21ClFNO/c1-3-12(4-2)17(8-9-18)10-11-6-5-7-13(15)14(11)16/h5-7,12,18H,3-4,8-10H2,1-2H3. The third-order valence-electron chi connectivity index (χ3n) is 3.25. The molecule has 0 saturated heterocycles. The molecule has 0 amide bonds. The van der Waals surface area contributed by atoms with Crippen LogP contribution in [-0.2, 0) is 6.54 Å². The fourth-order valence-electron chi connectivity index (χ4n) is 2.21. The van der Waals surface area contributed by atoms with Crippen molar-refractivity contribution in [2.75, 3.05) is 13.2 Å². The normalized spacial score (nSPS) is 11.5. The average Bonchev–Trinajstić information content (AvgIpc) is 2.36. The van der Waals surface area contributed by atoms with Gasteiger partial charge in [0.05, 0.1) is 11.6 Å². The van der Waals surface area contributed by atoms with Gasteiger partial charge in [-0.3, -0.25) is 4.90 Å². The molecule has 0 saturated carbocycles. The maximum Gasteiger partial charge on any atom is 0.146 e. The largest absolute Gasteiger partial charge is 0.395 e. The van der Waals surface area contributed by atoms with Gasteiger partial charge in [0.15, 0.2) is 0 Å². The Labute approximate surface area is 113 Å². The van der Waals surface area contributed by atoms with Gasteiger partial charge in [-0.1, -0.05) is 37.6 Å². The summed E-state index contributed by atoms with van der Waals surface area (Å²) in [5.74, 6) is -0.354. The van der Waals surface area contributed by atoms with E-state index in [1.807, 2.05) is 0 Å². The van der Waals surface area contributed by atoms with E-state index in [2.05, 4.69) is 18.7 Å². The van der Waals surface area contributed by atoms with Crippen LogP contribution in [0.1, 0.15) is 32.3 Å². The zero-order valence-electron chi connectivity index (χ0n) is 11.0. The number of aliphatic hydroxyl groups is 1. The van der Waals surface area contributed by atoms with Crippen LogP contribution < -0.4 is 0 Å². The molecule has 18 heavy (non-hydrogen) atoms. The quantitative estimate of drug-likeness (QED) is 0.822. The van der Waals surface area contributed by atoms with Crippen LogP contribution in [0.5, 0.6) is 0 Å². The van der Waals surface area contributed by atoms with Gasteiger partial charge >= 0.3 is 0 Å². The molecule has 0 atom stereocenters. The Morgan fingerprint density at radius 3 is 2.56 bits per heavy atom. The third-order valence-corrected chi connectivity index (χ3v) is 3.54. The molecule has 0 aliphatic heterocycles. The Hall–Kier alpha value is -0.640. The summed E-state index contributed by atoms with van der Waals surface area (Å²) in [6, 6.07) is 5.41. The van der Waals surface area contributed by atoms with E-state index in [4.69, 9.17) is 16.7 Å². The fraction of sp³-hybridized carbons (Fsp3) is 0.571. The van der Waals surface area contributed by atoms with Crippen LogP contribution in [0, 0.1) is 5.82 Å². The molecular formula is C14H21ClFNO. The second-order valence-electron chi connectivity index (χ2n) is 4.38. The van der Waals surface area contributed by atoms with Crippen LogP contribution in [0.2, 0.25) is 5.02 Å². The number of hydrogen-bond acceptors (Lipinski definition) is 2. The number of benzene rings is 1. The van der Waals surface area contributed by atoms with Gasteiger partial charge in [-0.2, -0.15) is 0 Å². The third kappa shape index (κ3) is 3.94. The monoisotopic (exact) mass is 273 g/mol. The minimum absolute atomic E-state index is 0.0820. The minimum Gasteiger partial charge on any atom is -0.395 e. The highest BCUT2D eigenvalue weighted by Gasteiger charge is 2.17. The van der Waals surface area contributed by atoms with Crippen molar-refractivity contribution in [1.82, 2.24) is 4.90 Å². The van der Waals surface area contributed by atoms with E-state index >= 15 is 0 Å². The molecule has 1 N–H and O–H groups in total. The first-order chi connectivity index (χ1) is 8.63. The van der Waals surface area contributed by atoms with Crippen molar-refractivity contribution in [2.45, 2.75) is 39.3 Å². The van der Waals surface area contributed by atoms with Crippen molar-refractivity contribution in [3.05, 3.63) is 34.6 Å². The molecule has 102 valence electrons. The van der Waals surface area contributed by atoms with Gasteiger partial charge in [0.25, 0.3) is 0 Å². The van der Waals surface area contributed by atoms with E-state index in [9.17, 15) is 4.39 Å². The Balaban J connectivity index is 2.85.